The number of fused-ring (bicyclic) bond motifs is 1. The fourth-order valence-corrected chi connectivity index (χ4v) is 12.3. The van der Waals surface area contributed by atoms with Gasteiger partial charge in [0.15, 0.2) is 16.6 Å². The van der Waals surface area contributed by atoms with Crippen LogP contribution in [0.2, 0.25) is 36.3 Å². The molecule has 0 amide bonds. The average molecular weight is 541 g/mol. The van der Waals surface area contributed by atoms with Gasteiger partial charge in [0.05, 0.1) is 5.60 Å². The van der Waals surface area contributed by atoms with Crippen molar-refractivity contribution < 1.29 is 14.0 Å². The molecule has 0 aliphatic heterocycles. The molecule has 5 heteroatoms. The molecule has 0 saturated heterocycles. The number of aliphatic hydroxyl groups is 1. The molecule has 6 atom stereocenters. The standard InChI is InChI=1S/C31H64O3Si2/c1-13-36(14-2,15-3)34-30(8,9)22-20-25(23-32)24(4)26-18-19-27-28(17-16-21-31(26,27)10)33-35(11,12)29(5,6)7/h24-28,32H,13-23H2,1-12H3/t24-,25+,26?,27-,28-,31+/m0/s1. The second kappa shape index (κ2) is 12.2. The van der Waals surface area contributed by atoms with Crippen molar-refractivity contribution in [2.24, 2.45) is 29.1 Å². The summed E-state index contributed by atoms with van der Waals surface area (Å²) in [6, 6.07) is 3.59. The Balaban J connectivity index is 2.11. The molecule has 2 rings (SSSR count). The number of rotatable bonds is 13. The van der Waals surface area contributed by atoms with Crippen molar-refractivity contribution in [2.45, 2.75) is 162 Å². The highest BCUT2D eigenvalue weighted by molar-refractivity contribution is 6.74. The van der Waals surface area contributed by atoms with Crippen molar-refractivity contribution in [1.29, 1.82) is 0 Å². The number of hydrogen-bond acceptors (Lipinski definition) is 3. The lowest BCUT2D eigenvalue weighted by atomic mass is 9.60. The molecule has 0 aromatic rings. The normalized spacial score (nSPS) is 29.8. The fourth-order valence-electron chi connectivity index (χ4n) is 7.71. The zero-order chi connectivity index (χ0) is 27.6. The van der Waals surface area contributed by atoms with E-state index in [1.54, 1.807) is 0 Å². The van der Waals surface area contributed by atoms with Gasteiger partial charge in [-0.1, -0.05) is 61.8 Å². The van der Waals surface area contributed by atoms with Gasteiger partial charge in [0, 0.05) is 12.7 Å². The van der Waals surface area contributed by atoms with Gasteiger partial charge in [-0.2, -0.15) is 0 Å². The molecule has 0 radical (unpaired) electrons. The monoisotopic (exact) mass is 540 g/mol. The number of hydrogen-bond donors (Lipinski definition) is 1. The van der Waals surface area contributed by atoms with Crippen LogP contribution in [0.25, 0.3) is 0 Å². The summed E-state index contributed by atoms with van der Waals surface area (Å²) < 4.78 is 14.0. The molecule has 2 aliphatic carbocycles. The summed E-state index contributed by atoms with van der Waals surface area (Å²) in [4.78, 5) is 0. The predicted octanol–water partition coefficient (Wildman–Crippen LogP) is 9.42. The molecule has 2 fully saturated rings. The summed E-state index contributed by atoms with van der Waals surface area (Å²) in [5.41, 5.74) is 0.245. The second-order valence-corrected chi connectivity index (χ2v) is 24.5. The van der Waals surface area contributed by atoms with Crippen LogP contribution >= 0.6 is 0 Å². The van der Waals surface area contributed by atoms with E-state index in [2.05, 4.69) is 82.3 Å². The lowest BCUT2D eigenvalue weighted by molar-refractivity contribution is -0.0327. The molecule has 1 N–H and O–H groups in total. The first-order chi connectivity index (χ1) is 16.5. The van der Waals surface area contributed by atoms with Crippen molar-refractivity contribution in [1.82, 2.24) is 0 Å². The zero-order valence-corrected chi connectivity index (χ0v) is 28.4. The van der Waals surface area contributed by atoms with Gasteiger partial charge < -0.3 is 14.0 Å². The molecule has 0 bridgehead atoms. The molecule has 0 aromatic carbocycles. The molecule has 2 aliphatic rings. The molecule has 0 heterocycles. The van der Waals surface area contributed by atoms with Gasteiger partial charge in [-0.3, -0.25) is 0 Å². The van der Waals surface area contributed by atoms with Crippen LogP contribution in [0, 0.1) is 29.1 Å². The number of aliphatic hydroxyl groups excluding tert-OH is 1. The summed E-state index contributed by atoms with van der Waals surface area (Å²) in [5.74, 6) is 2.26. The summed E-state index contributed by atoms with van der Waals surface area (Å²) in [7, 11) is -3.41. The Morgan fingerprint density at radius 3 is 2.06 bits per heavy atom. The third kappa shape index (κ3) is 7.09. The van der Waals surface area contributed by atoms with E-state index in [0.717, 1.165) is 12.8 Å². The SMILES string of the molecule is CC[Si](CC)(CC)OC(C)(C)CC[C@H](CO)[C@H](C)C1CC[C@H]2[C@@H](O[Si](C)(C)C(C)(C)C)CCC[C@]12C. The van der Waals surface area contributed by atoms with E-state index in [4.69, 9.17) is 8.85 Å². The van der Waals surface area contributed by atoms with E-state index in [1.807, 2.05) is 0 Å². The van der Waals surface area contributed by atoms with Crippen LogP contribution in [-0.2, 0) is 8.85 Å². The minimum atomic E-state index is -1.78. The first-order valence-corrected chi connectivity index (χ1v) is 20.9. The van der Waals surface area contributed by atoms with Crippen LogP contribution in [0.3, 0.4) is 0 Å². The molecule has 36 heavy (non-hydrogen) atoms. The minimum absolute atomic E-state index is 0.101. The lowest BCUT2D eigenvalue weighted by Crippen LogP contribution is -2.50. The molecule has 1 unspecified atom stereocenters. The fraction of sp³-hybridized carbons (Fsp3) is 1.00. The van der Waals surface area contributed by atoms with Crippen LogP contribution in [0.5, 0.6) is 0 Å². The summed E-state index contributed by atoms with van der Waals surface area (Å²) in [6.45, 7) is 28.8. The topological polar surface area (TPSA) is 38.7 Å². The molecule has 0 aromatic heterocycles. The maximum absolute atomic E-state index is 10.5. The molecule has 3 nitrogen and oxygen atoms in total. The Bertz CT molecular complexity index is 674. The molecular weight excluding hydrogens is 477 g/mol. The van der Waals surface area contributed by atoms with Gasteiger partial charge in [0.1, 0.15) is 0 Å². The predicted molar refractivity (Wildman–Crippen MR) is 162 cm³/mol. The van der Waals surface area contributed by atoms with Crippen molar-refractivity contribution >= 4 is 16.6 Å². The Morgan fingerprint density at radius 2 is 1.56 bits per heavy atom. The summed E-state index contributed by atoms with van der Waals surface area (Å²) >= 11 is 0. The van der Waals surface area contributed by atoms with Gasteiger partial charge in [0.25, 0.3) is 0 Å². The molecule has 0 spiro atoms. The van der Waals surface area contributed by atoms with E-state index in [1.165, 1.54) is 50.2 Å². The van der Waals surface area contributed by atoms with Crippen molar-refractivity contribution in [2.75, 3.05) is 6.61 Å². The minimum Gasteiger partial charge on any atom is -0.414 e. The van der Waals surface area contributed by atoms with Gasteiger partial charge in [-0.15, -0.1) is 0 Å². The van der Waals surface area contributed by atoms with Gasteiger partial charge in [0.2, 0.25) is 0 Å². The van der Waals surface area contributed by atoms with Crippen LogP contribution < -0.4 is 0 Å². The van der Waals surface area contributed by atoms with Crippen LogP contribution in [0.1, 0.15) is 114 Å². The van der Waals surface area contributed by atoms with Crippen molar-refractivity contribution in [3.63, 3.8) is 0 Å². The highest BCUT2D eigenvalue weighted by atomic mass is 28.4. The maximum Gasteiger partial charge on any atom is 0.192 e. The summed E-state index contributed by atoms with van der Waals surface area (Å²) in [6.07, 6.45) is 8.99. The van der Waals surface area contributed by atoms with E-state index in [0.29, 0.717) is 41.8 Å². The third-order valence-electron chi connectivity index (χ3n) is 11.5. The van der Waals surface area contributed by atoms with Crippen LogP contribution in [0.15, 0.2) is 0 Å². The highest BCUT2D eigenvalue weighted by Crippen LogP contribution is 2.60. The van der Waals surface area contributed by atoms with Crippen molar-refractivity contribution in [3.8, 4) is 0 Å². The Labute approximate surface area is 228 Å². The Hall–Kier alpha value is 0.314. The van der Waals surface area contributed by atoms with E-state index in [9.17, 15) is 5.11 Å². The molecular formula is C31H64O3Si2. The van der Waals surface area contributed by atoms with Crippen molar-refractivity contribution in [3.05, 3.63) is 0 Å². The summed E-state index contributed by atoms with van der Waals surface area (Å²) in [5, 5.41) is 10.8. The van der Waals surface area contributed by atoms with Gasteiger partial charge >= 0.3 is 0 Å². The van der Waals surface area contributed by atoms with E-state index >= 15 is 0 Å². The zero-order valence-electron chi connectivity index (χ0n) is 26.4. The lowest BCUT2D eigenvalue weighted by Gasteiger charge is -2.50. The Morgan fingerprint density at radius 1 is 0.972 bits per heavy atom. The second-order valence-electron chi connectivity index (χ2n) is 15.1. The smallest absolute Gasteiger partial charge is 0.192 e. The first kappa shape index (κ1) is 32.5. The van der Waals surface area contributed by atoms with E-state index in [-0.39, 0.29) is 10.6 Å². The largest absolute Gasteiger partial charge is 0.414 e. The highest BCUT2D eigenvalue weighted by Gasteiger charge is 2.55. The molecule has 2 saturated carbocycles. The quantitative estimate of drug-likeness (QED) is 0.236. The van der Waals surface area contributed by atoms with Gasteiger partial charge in [-0.05, 0) is 118 Å². The van der Waals surface area contributed by atoms with Crippen LogP contribution in [0.4, 0.5) is 0 Å². The third-order valence-corrected chi connectivity index (χ3v) is 20.9. The molecule has 214 valence electrons. The van der Waals surface area contributed by atoms with Gasteiger partial charge in [-0.25, -0.2) is 0 Å². The van der Waals surface area contributed by atoms with Crippen LogP contribution in [-0.4, -0.2) is 40.1 Å². The first-order valence-electron chi connectivity index (χ1n) is 15.5. The average Bonchev–Trinajstić information content (AvgIpc) is 3.14. The Kier molecular flexibility index (Phi) is 11.0. The maximum atomic E-state index is 10.5. The van der Waals surface area contributed by atoms with E-state index < -0.39 is 16.6 Å².